The van der Waals surface area contributed by atoms with Crippen molar-refractivity contribution in [2.75, 3.05) is 11.9 Å². The van der Waals surface area contributed by atoms with Gasteiger partial charge in [-0.05, 0) is 42.7 Å². The first-order chi connectivity index (χ1) is 13.0. The maximum absolute atomic E-state index is 12.9. The summed E-state index contributed by atoms with van der Waals surface area (Å²) in [6.07, 6.45) is 1.93. The molecule has 5 nitrogen and oxygen atoms in total. The first-order valence-corrected chi connectivity index (χ1v) is 9.22. The fourth-order valence-corrected chi connectivity index (χ4v) is 3.81. The first kappa shape index (κ1) is 17.3. The summed E-state index contributed by atoms with van der Waals surface area (Å²) in [6, 6.07) is 16.2. The van der Waals surface area contributed by atoms with Crippen LogP contribution in [0.4, 0.5) is 10.5 Å². The number of urea groups is 1. The highest BCUT2D eigenvalue weighted by Gasteiger charge is 2.30. The second kappa shape index (κ2) is 6.91. The van der Waals surface area contributed by atoms with Crippen LogP contribution in [0.1, 0.15) is 33.9 Å². The Hall–Kier alpha value is -3.08. The van der Waals surface area contributed by atoms with E-state index in [9.17, 15) is 4.79 Å². The van der Waals surface area contributed by atoms with Crippen LogP contribution in [0.2, 0.25) is 0 Å². The lowest BCUT2D eigenvalue weighted by atomic mass is 9.85. The normalized spacial score (nSPS) is 16.1. The molecule has 0 saturated carbocycles. The molecule has 27 heavy (non-hydrogen) atoms. The maximum atomic E-state index is 12.9. The van der Waals surface area contributed by atoms with Gasteiger partial charge in [-0.25, -0.2) is 4.79 Å². The molecule has 3 aromatic rings. The van der Waals surface area contributed by atoms with E-state index >= 15 is 0 Å². The molecule has 0 aliphatic carbocycles. The van der Waals surface area contributed by atoms with Gasteiger partial charge in [0.15, 0.2) is 0 Å². The Morgan fingerprint density at radius 2 is 1.93 bits per heavy atom. The van der Waals surface area contributed by atoms with Gasteiger partial charge < -0.3 is 10.2 Å². The van der Waals surface area contributed by atoms with Crippen LogP contribution in [0.5, 0.6) is 0 Å². The van der Waals surface area contributed by atoms with Gasteiger partial charge in [-0.2, -0.15) is 5.10 Å². The maximum Gasteiger partial charge on any atom is 0.322 e. The monoisotopic (exact) mass is 360 g/mol. The Balaban J connectivity index is 1.64. The highest BCUT2D eigenvalue weighted by Crippen LogP contribution is 2.35. The lowest BCUT2D eigenvalue weighted by Crippen LogP contribution is -2.41. The Labute approximate surface area is 159 Å². The molecule has 0 radical (unpaired) electrons. The molecule has 2 amide bonds. The molecule has 1 N–H and O–H groups in total. The van der Waals surface area contributed by atoms with E-state index in [0.29, 0.717) is 13.1 Å². The molecule has 2 heterocycles. The van der Waals surface area contributed by atoms with Crippen molar-refractivity contribution in [3.8, 4) is 0 Å². The van der Waals surface area contributed by atoms with Crippen LogP contribution in [0, 0.1) is 13.8 Å². The summed E-state index contributed by atoms with van der Waals surface area (Å²) >= 11 is 0. The van der Waals surface area contributed by atoms with Crippen LogP contribution in [0.3, 0.4) is 0 Å². The predicted molar refractivity (Wildman–Crippen MR) is 107 cm³/mol. The van der Waals surface area contributed by atoms with Crippen LogP contribution >= 0.6 is 0 Å². The number of nitrogens with zero attached hydrogens (tertiary/aromatic N) is 3. The topological polar surface area (TPSA) is 50.2 Å². The number of amides is 2. The molecule has 0 fully saturated rings. The predicted octanol–water partition coefficient (Wildman–Crippen LogP) is 4.22. The number of rotatable bonds is 2. The third-order valence-corrected chi connectivity index (χ3v) is 5.40. The number of anilines is 1. The molecule has 138 valence electrons. The molecule has 1 aliphatic heterocycles. The van der Waals surface area contributed by atoms with Gasteiger partial charge in [0.2, 0.25) is 0 Å². The van der Waals surface area contributed by atoms with Crippen molar-refractivity contribution in [3.05, 3.63) is 82.7 Å². The number of hydrogen-bond donors (Lipinski definition) is 1. The van der Waals surface area contributed by atoms with Crippen molar-refractivity contribution in [1.82, 2.24) is 14.7 Å². The molecule has 1 aliphatic rings. The average Bonchev–Trinajstić information content (AvgIpc) is 2.99. The first-order valence-electron chi connectivity index (χ1n) is 9.22. The van der Waals surface area contributed by atoms with Gasteiger partial charge in [-0.3, -0.25) is 4.68 Å². The van der Waals surface area contributed by atoms with E-state index in [0.717, 1.165) is 16.9 Å². The number of aryl methyl sites for hydroxylation is 2. The van der Waals surface area contributed by atoms with Crippen molar-refractivity contribution in [2.45, 2.75) is 26.3 Å². The Morgan fingerprint density at radius 1 is 1.11 bits per heavy atom. The molecule has 0 spiro atoms. The van der Waals surface area contributed by atoms with Crippen LogP contribution in [-0.4, -0.2) is 27.3 Å². The molecule has 0 bridgehead atoms. The van der Waals surface area contributed by atoms with Crippen LogP contribution in [0.15, 0.2) is 54.7 Å². The van der Waals surface area contributed by atoms with E-state index in [4.69, 9.17) is 0 Å². The lowest BCUT2D eigenvalue weighted by Gasteiger charge is -2.34. The number of fused-ring (bicyclic) bond motifs is 1. The Morgan fingerprint density at radius 3 is 2.67 bits per heavy atom. The van der Waals surface area contributed by atoms with Crippen molar-refractivity contribution >= 4 is 11.7 Å². The number of carbonyl (C=O) groups excluding carboxylic acids is 1. The quantitative estimate of drug-likeness (QED) is 0.744. The number of benzene rings is 2. The van der Waals surface area contributed by atoms with E-state index in [-0.39, 0.29) is 11.9 Å². The summed E-state index contributed by atoms with van der Waals surface area (Å²) in [5.74, 6) is 0.131. The fraction of sp³-hybridized carbons (Fsp3) is 0.273. The minimum absolute atomic E-state index is 0.0679. The Kier molecular flexibility index (Phi) is 4.44. The number of carbonyl (C=O) groups is 1. The highest BCUT2D eigenvalue weighted by molar-refractivity contribution is 5.89. The minimum atomic E-state index is -0.0679. The van der Waals surface area contributed by atoms with Gasteiger partial charge >= 0.3 is 6.03 Å². The SMILES string of the molecule is Cc1cccc(NC(=O)N2Cc3ccccc3C(c3cnn(C)c3C)C2)c1. The van der Waals surface area contributed by atoms with E-state index in [2.05, 4.69) is 35.5 Å². The third-order valence-electron chi connectivity index (χ3n) is 5.40. The molecule has 1 aromatic heterocycles. The molecular formula is C22H24N4O. The second-order valence-electron chi connectivity index (χ2n) is 7.24. The van der Waals surface area contributed by atoms with Crippen molar-refractivity contribution < 1.29 is 4.79 Å². The zero-order valence-electron chi connectivity index (χ0n) is 15.9. The van der Waals surface area contributed by atoms with Crippen molar-refractivity contribution in [2.24, 2.45) is 7.05 Å². The smallest absolute Gasteiger partial charge is 0.319 e. The summed E-state index contributed by atoms with van der Waals surface area (Å²) in [6.45, 7) is 5.36. The van der Waals surface area contributed by atoms with E-state index in [1.54, 1.807) is 0 Å². The molecular weight excluding hydrogens is 336 g/mol. The standard InChI is InChI=1S/C22H24N4O/c1-15-7-6-9-18(11-15)24-22(27)26-13-17-8-4-5-10-19(17)21(14-26)20-12-23-25(3)16(20)2/h4-12,21H,13-14H2,1-3H3,(H,24,27). The summed E-state index contributed by atoms with van der Waals surface area (Å²) in [5.41, 5.74) is 6.74. The fourth-order valence-electron chi connectivity index (χ4n) is 3.81. The van der Waals surface area contributed by atoms with Gasteiger partial charge in [-0.1, -0.05) is 36.4 Å². The third kappa shape index (κ3) is 3.33. The summed E-state index contributed by atoms with van der Waals surface area (Å²) in [5, 5.41) is 7.45. The summed E-state index contributed by atoms with van der Waals surface area (Å²) < 4.78 is 1.89. The number of hydrogen-bond acceptors (Lipinski definition) is 2. The summed E-state index contributed by atoms with van der Waals surface area (Å²) in [4.78, 5) is 14.8. The van der Waals surface area contributed by atoms with Crippen molar-refractivity contribution in [3.63, 3.8) is 0 Å². The van der Waals surface area contributed by atoms with E-state index in [1.807, 2.05) is 60.1 Å². The Bertz CT molecular complexity index is 991. The largest absolute Gasteiger partial charge is 0.322 e. The van der Waals surface area contributed by atoms with Crippen molar-refractivity contribution in [1.29, 1.82) is 0 Å². The molecule has 1 unspecified atom stereocenters. The van der Waals surface area contributed by atoms with Crippen LogP contribution in [0.25, 0.3) is 0 Å². The highest BCUT2D eigenvalue weighted by atomic mass is 16.2. The van der Waals surface area contributed by atoms with Gasteiger partial charge in [-0.15, -0.1) is 0 Å². The van der Waals surface area contributed by atoms with Crippen LogP contribution < -0.4 is 5.32 Å². The molecule has 4 rings (SSSR count). The van der Waals surface area contributed by atoms with E-state index < -0.39 is 0 Å². The van der Waals surface area contributed by atoms with Gasteiger partial charge in [0.05, 0.1) is 6.20 Å². The number of nitrogens with one attached hydrogen (secondary N) is 1. The second-order valence-corrected chi connectivity index (χ2v) is 7.24. The van der Waals surface area contributed by atoms with Gasteiger partial charge in [0, 0.05) is 43.0 Å². The molecule has 2 aromatic carbocycles. The summed E-state index contributed by atoms with van der Waals surface area (Å²) in [7, 11) is 1.95. The molecule has 1 atom stereocenters. The number of aromatic nitrogens is 2. The van der Waals surface area contributed by atoms with Crippen LogP contribution in [-0.2, 0) is 13.6 Å². The zero-order chi connectivity index (χ0) is 19.0. The van der Waals surface area contributed by atoms with Gasteiger partial charge in [0.25, 0.3) is 0 Å². The van der Waals surface area contributed by atoms with E-state index in [1.165, 1.54) is 16.7 Å². The molecule has 5 heteroatoms. The van der Waals surface area contributed by atoms with Gasteiger partial charge in [0.1, 0.15) is 0 Å². The zero-order valence-corrected chi connectivity index (χ0v) is 15.9. The minimum Gasteiger partial charge on any atom is -0.319 e. The molecule has 0 saturated heterocycles. The average molecular weight is 360 g/mol. The lowest BCUT2D eigenvalue weighted by molar-refractivity contribution is 0.203.